The quantitative estimate of drug-likeness (QED) is 0.797. The van der Waals surface area contributed by atoms with Crippen molar-refractivity contribution in [2.24, 2.45) is 0 Å². The van der Waals surface area contributed by atoms with Crippen molar-refractivity contribution in [3.05, 3.63) is 12.1 Å². The highest BCUT2D eigenvalue weighted by Crippen LogP contribution is 2.37. The van der Waals surface area contributed by atoms with Crippen LogP contribution in [0.3, 0.4) is 0 Å². The molecule has 0 atom stereocenters. The van der Waals surface area contributed by atoms with Crippen LogP contribution in [0.5, 0.6) is 11.5 Å². The van der Waals surface area contributed by atoms with Gasteiger partial charge in [-0.25, -0.2) is 0 Å². The van der Waals surface area contributed by atoms with Gasteiger partial charge >= 0.3 is 0 Å². The van der Waals surface area contributed by atoms with E-state index < -0.39 is 5.60 Å². The monoisotopic (exact) mass is 296 g/mol. The van der Waals surface area contributed by atoms with Crippen molar-refractivity contribution in [3.63, 3.8) is 0 Å². The first-order valence-electron chi connectivity index (χ1n) is 7.02. The molecule has 0 aromatic heterocycles. The van der Waals surface area contributed by atoms with Crippen LogP contribution in [0.1, 0.15) is 12.8 Å². The van der Waals surface area contributed by atoms with Crippen molar-refractivity contribution in [3.8, 4) is 11.5 Å². The highest BCUT2D eigenvalue weighted by molar-refractivity contribution is 5.73. The van der Waals surface area contributed by atoms with Crippen LogP contribution in [0, 0.1) is 0 Å². The fourth-order valence-corrected chi connectivity index (χ4v) is 2.65. The van der Waals surface area contributed by atoms with Crippen molar-refractivity contribution in [1.82, 2.24) is 0 Å². The molecule has 0 unspecified atom stereocenters. The maximum absolute atomic E-state index is 10.6. The van der Waals surface area contributed by atoms with Gasteiger partial charge < -0.3 is 30.0 Å². The van der Waals surface area contributed by atoms with Crippen molar-refractivity contribution < 1.29 is 19.3 Å². The summed E-state index contributed by atoms with van der Waals surface area (Å²) in [5.41, 5.74) is 6.74. The van der Waals surface area contributed by atoms with Gasteiger partial charge in [0, 0.05) is 51.8 Å². The van der Waals surface area contributed by atoms with Gasteiger partial charge in [0.2, 0.25) is 0 Å². The Bertz CT molecular complexity index is 487. The zero-order valence-electron chi connectivity index (χ0n) is 12.9. The molecule has 2 rings (SSSR count). The van der Waals surface area contributed by atoms with E-state index in [-0.39, 0.29) is 0 Å². The fourth-order valence-electron chi connectivity index (χ4n) is 2.65. The Morgan fingerprint density at radius 2 is 1.81 bits per heavy atom. The lowest BCUT2D eigenvalue weighted by atomic mass is 9.93. The molecule has 6 heteroatoms. The number of nitrogen functional groups attached to an aromatic ring is 1. The van der Waals surface area contributed by atoms with Gasteiger partial charge in [0.1, 0.15) is 0 Å². The molecule has 1 aromatic carbocycles. The molecule has 1 aliphatic heterocycles. The van der Waals surface area contributed by atoms with E-state index in [0.717, 1.165) is 5.69 Å². The molecular weight excluding hydrogens is 272 g/mol. The molecule has 1 saturated heterocycles. The number of methoxy groups -OCH3 is 2. The van der Waals surface area contributed by atoms with Crippen molar-refractivity contribution >= 4 is 11.4 Å². The molecule has 118 valence electrons. The maximum Gasteiger partial charge on any atom is 0.162 e. The summed E-state index contributed by atoms with van der Waals surface area (Å²) in [7, 11) is 5.07. The first kappa shape index (κ1) is 15.7. The second-order valence-electron chi connectivity index (χ2n) is 5.46. The lowest BCUT2D eigenvalue weighted by molar-refractivity contribution is -0.0572. The highest BCUT2D eigenvalue weighted by atomic mass is 16.5. The molecule has 1 fully saturated rings. The number of benzene rings is 1. The molecule has 6 nitrogen and oxygen atoms in total. The van der Waals surface area contributed by atoms with E-state index in [1.165, 1.54) is 0 Å². The molecule has 0 radical (unpaired) electrons. The second kappa shape index (κ2) is 6.41. The standard InChI is InChI=1S/C15H24N2O4/c1-17(10-15(18)4-6-21-7-5-15)12-9-14(20-3)13(19-2)8-11(12)16/h8-9,18H,4-7,10,16H2,1-3H3. The molecule has 21 heavy (non-hydrogen) atoms. The van der Waals surface area contributed by atoms with Crippen molar-refractivity contribution in [1.29, 1.82) is 0 Å². The van der Waals surface area contributed by atoms with E-state index in [0.29, 0.717) is 49.8 Å². The molecule has 1 heterocycles. The number of ether oxygens (including phenoxy) is 3. The van der Waals surface area contributed by atoms with Gasteiger partial charge in [-0.1, -0.05) is 0 Å². The zero-order chi connectivity index (χ0) is 15.5. The summed E-state index contributed by atoms with van der Waals surface area (Å²) >= 11 is 0. The van der Waals surface area contributed by atoms with Gasteiger partial charge in [0.05, 0.1) is 31.2 Å². The molecule has 0 spiro atoms. The molecule has 0 amide bonds. The predicted octanol–water partition coefficient (Wildman–Crippen LogP) is 1.26. The number of nitrogens with zero attached hydrogens (tertiary/aromatic N) is 1. The smallest absolute Gasteiger partial charge is 0.162 e. The van der Waals surface area contributed by atoms with Crippen LogP contribution in [0.15, 0.2) is 12.1 Å². The molecular formula is C15H24N2O4. The number of aliphatic hydroxyl groups is 1. The number of likely N-dealkylation sites (N-methyl/N-ethyl adjacent to an activating group) is 1. The lowest BCUT2D eigenvalue weighted by Gasteiger charge is -2.36. The lowest BCUT2D eigenvalue weighted by Crippen LogP contribution is -2.45. The number of rotatable bonds is 5. The minimum Gasteiger partial charge on any atom is -0.493 e. The van der Waals surface area contributed by atoms with Crippen LogP contribution in [0.4, 0.5) is 11.4 Å². The van der Waals surface area contributed by atoms with Crippen LogP contribution >= 0.6 is 0 Å². The molecule has 0 saturated carbocycles. The number of anilines is 2. The van der Waals surface area contributed by atoms with Crippen LogP contribution in [0.2, 0.25) is 0 Å². The van der Waals surface area contributed by atoms with Crippen molar-refractivity contribution in [2.45, 2.75) is 18.4 Å². The van der Waals surface area contributed by atoms with E-state index >= 15 is 0 Å². The normalized spacial score (nSPS) is 17.3. The van der Waals surface area contributed by atoms with Gasteiger partial charge in [0.15, 0.2) is 11.5 Å². The van der Waals surface area contributed by atoms with Crippen LogP contribution in [-0.4, -0.2) is 51.7 Å². The SMILES string of the molecule is COc1cc(N)c(N(C)CC2(O)CCOCC2)cc1OC. The number of hydrogen-bond donors (Lipinski definition) is 2. The van der Waals surface area contributed by atoms with Gasteiger partial charge in [0.25, 0.3) is 0 Å². The average Bonchev–Trinajstić information content (AvgIpc) is 2.46. The summed E-state index contributed by atoms with van der Waals surface area (Å²) in [6, 6.07) is 3.57. The highest BCUT2D eigenvalue weighted by Gasteiger charge is 2.31. The molecule has 0 aliphatic carbocycles. The predicted molar refractivity (Wildman–Crippen MR) is 82.2 cm³/mol. The van der Waals surface area contributed by atoms with E-state index in [2.05, 4.69) is 0 Å². The minimum atomic E-state index is -0.743. The Kier molecular flexibility index (Phi) is 4.80. The summed E-state index contributed by atoms with van der Waals surface area (Å²) in [6.45, 7) is 1.67. The van der Waals surface area contributed by atoms with E-state index in [1.807, 2.05) is 18.0 Å². The van der Waals surface area contributed by atoms with Gasteiger partial charge in [-0.2, -0.15) is 0 Å². The van der Waals surface area contributed by atoms with E-state index in [1.54, 1.807) is 20.3 Å². The summed E-state index contributed by atoms with van der Waals surface area (Å²) in [5, 5.41) is 10.6. The topological polar surface area (TPSA) is 77.2 Å². The number of nitrogens with two attached hydrogens (primary N) is 1. The number of hydrogen-bond acceptors (Lipinski definition) is 6. The third-order valence-corrected chi connectivity index (χ3v) is 3.90. The minimum absolute atomic E-state index is 0.496. The first-order chi connectivity index (χ1) is 9.99. The third kappa shape index (κ3) is 3.51. The van der Waals surface area contributed by atoms with Crippen LogP contribution < -0.4 is 20.1 Å². The Balaban J connectivity index is 2.20. The van der Waals surface area contributed by atoms with Crippen LogP contribution in [0.25, 0.3) is 0 Å². The largest absolute Gasteiger partial charge is 0.493 e. The third-order valence-electron chi connectivity index (χ3n) is 3.90. The Morgan fingerprint density at radius 3 is 2.38 bits per heavy atom. The Hall–Kier alpha value is -1.66. The van der Waals surface area contributed by atoms with Gasteiger partial charge in [-0.05, 0) is 0 Å². The van der Waals surface area contributed by atoms with E-state index in [9.17, 15) is 5.11 Å². The summed E-state index contributed by atoms with van der Waals surface area (Å²) in [6.07, 6.45) is 1.26. The summed E-state index contributed by atoms with van der Waals surface area (Å²) in [5.74, 6) is 1.21. The second-order valence-corrected chi connectivity index (χ2v) is 5.46. The summed E-state index contributed by atoms with van der Waals surface area (Å²) in [4.78, 5) is 1.95. The Morgan fingerprint density at radius 1 is 1.24 bits per heavy atom. The molecule has 1 aromatic rings. The van der Waals surface area contributed by atoms with Crippen molar-refractivity contribution in [2.75, 3.05) is 51.7 Å². The maximum atomic E-state index is 10.6. The molecule has 0 bridgehead atoms. The van der Waals surface area contributed by atoms with Gasteiger partial charge in [-0.15, -0.1) is 0 Å². The first-order valence-corrected chi connectivity index (χ1v) is 7.02. The van der Waals surface area contributed by atoms with E-state index in [4.69, 9.17) is 19.9 Å². The average molecular weight is 296 g/mol. The molecule has 1 aliphatic rings. The molecule has 3 N–H and O–H groups in total. The van der Waals surface area contributed by atoms with Gasteiger partial charge in [-0.3, -0.25) is 0 Å². The summed E-state index contributed by atoms with van der Waals surface area (Å²) < 4.78 is 15.8. The fraction of sp³-hybridized carbons (Fsp3) is 0.600. The van der Waals surface area contributed by atoms with Crippen LogP contribution in [-0.2, 0) is 4.74 Å². The zero-order valence-corrected chi connectivity index (χ0v) is 12.9. The Labute approximate surface area is 125 Å².